The van der Waals surface area contributed by atoms with Crippen LogP contribution in [0.25, 0.3) is 0 Å². The molecule has 0 radical (unpaired) electrons. The summed E-state index contributed by atoms with van der Waals surface area (Å²) in [5.74, 6) is -4.58. The number of anilines is 2. The summed E-state index contributed by atoms with van der Waals surface area (Å²) in [6.07, 6.45) is 0.605. The van der Waals surface area contributed by atoms with Gasteiger partial charge in [0.1, 0.15) is 16.1 Å². The standard InChI is InChI=1S/C6H8N2O6S2.C4HF3N2/c7-3-1-4(8)6(16(12,13)14)2-5(3)15(9,10)11;5-2-3(6)8-1-9-4(2)7/h1-2H,7-8H2,(H,9,10,11)(H,12,13,14);1H. The molecule has 2 rings (SSSR count). The average Bonchev–Trinajstić information content (AvgIpc) is 2.42. The average molecular weight is 402 g/mol. The Hall–Kier alpha value is -2.49. The summed E-state index contributed by atoms with van der Waals surface area (Å²) in [5.41, 5.74) is 9.60. The molecule has 15 heteroatoms. The highest BCUT2D eigenvalue weighted by atomic mass is 32.2. The Kier molecular flexibility index (Phi) is 5.90. The minimum absolute atomic E-state index is 0.424. The van der Waals surface area contributed by atoms with Crippen molar-refractivity contribution in [2.45, 2.75) is 9.79 Å². The summed E-state index contributed by atoms with van der Waals surface area (Å²) < 4.78 is 96.1. The molecular weight excluding hydrogens is 393 g/mol. The predicted octanol–water partition coefficient (Wildman–Crippen LogP) is 0.238. The second-order valence-electron chi connectivity index (χ2n) is 4.15. The van der Waals surface area contributed by atoms with E-state index in [9.17, 15) is 30.0 Å². The van der Waals surface area contributed by atoms with Crippen molar-refractivity contribution in [1.82, 2.24) is 9.97 Å². The molecule has 0 unspecified atom stereocenters. The van der Waals surface area contributed by atoms with Crippen LogP contribution < -0.4 is 11.5 Å². The Balaban J connectivity index is 0.000000293. The number of hydrogen-bond donors (Lipinski definition) is 4. The Morgan fingerprint density at radius 3 is 1.44 bits per heavy atom. The van der Waals surface area contributed by atoms with Gasteiger partial charge in [-0.25, -0.2) is 9.97 Å². The predicted molar refractivity (Wildman–Crippen MR) is 76.8 cm³/mol. The fourth-order valence-electron chi connectivity index (χ4n) is 1.37. The van der Waals surface area contributed by atoms with Crippen LogP contribution in [0.1, 0.15) is 0 Å². The molecule has 2 aromatic rings. The van der Waals surface area contributed by atoms with E-state index in [0.717, 1.165) is 6.07 Å². The number of rotatable bonds is 2. The van der Waals surface area contributed by atoms with Crippen molar-refractivity contribution in [3.8, 4) is 0 Å². The van der Waals surface area contributed by atoms with Gasteiger partial charge in [-0.05, 0) is 12.1 Å². The molecule has 0 amide bonds. The zero-order chi connectivity index (χ0) is 19.6. The molecule has 0 aliphatic heterocycles. The third-order valence-corrected chi connectivity index (χ3v) is 4.22. The van der Waals surface area contributed by atoms with Gasteiger partial charge in [-0.15, -0.1) is 0 Å². The quantitative estimate of drug-likeness (QED) is 0.308. The lowest BCUT2D eigenvalue weighted by Gasteiger charge is -2.07. The molecule has 0 fully saturated rings. The number of nitrogens with zero attached hydrogens (tertiary/aromatic N) is 2. The molecule has 0 saturated heterocycles. The molecule has 0 saturated carbocycles. The van der Waals surface area contributed by atoms with E-state index in [1.165, 1.54) is 0 Å². The molecule has 1 aromatic carbocycles. The summed E-state index contributed by atoms with van der Waals surface area (Å²) in [5, 5.41) is 0. The number of halogens is 3. The van der Waals surface area contributed by atoms with Crippen LogP contribution in [0.15, 0.2) is 28.3 Å². The van der Waals surface area contributed by atoms with Gasteiger partial charge in [0.2, 0.25) is 5.82 Å². The maximum Gasteiger partial charge on any atom is 0.296 e. The van der Waals surface area contributed by atoms with Crippen molar-refractivity contribution in [1.29, 1.82) is 0 Å². The van der Waals surface area contributed by atoms with Crippen molar-refractivity contribution in [2.75, 3.05) is 11.5 Å². The smallest absolute Gasteiger partial charge is 0.296 e. The van der Waals surface area contributed by atoms with Crippen LogP contribution in [0.3, 0.4) is 0 Å². The van der Waals surface area contributed by atoms with Gasteiger partial charge in [0.25, 0.3) is 32.1 Å². The SMILES string of the molecule is Fc1ncnc(F)c1F.Nc1cc(N)c(S(=O)(=O)O)cc1S(=O)(=O)O. The van der Waals surface area contributed by atoms with Crippen molar-refractivity contribution in [2.24, 2.45) is 0 Å². The van der Waals surface area contributed by atoms with Crippen molar-refractivity contribution in [3.05, 3.63) is 36.2 Å². The summed E-state index contributed by atoms with van der Waals surface area (Å²) >= 11 is 0. The second-order valence-corrected chi connectivity index (χ2v) is 6.93. The van der Waals surface area contributed by atoms with Gasteiger partial charge >= 0.3 is 0 Å². The topological polar surface area (TPSA) is 187 Å². The third-order valence-electron chi connectivity index (χ3n) is 2.40. The molecule has 0 aliphatic carbocycles. The maximum absolute atomic E-state index is 11.9. The van der Waals surface area contributed by atoms with E-state index in [0.29, 0.717) is 12.4 Å². The lowest BCUT2D eigenvalue weighted by molar-refractivity contribution is 0.406. The van der Waals surface area contributed by atoms with Crippen LogP contribution in [0.2, 0.25) is 0 Å². The van der Waals surface area contributed by atoms with Crippen LogP contribution in [0, 0.1) is 17.7 Å². The molecule has 1 heterocycles. The Morgan fingerprint density at radius 1 is 0.800 bits per heavy atom. The van der Waals surface area contributed by atoms with Crippen molar-refractivity contribution < 1.29 is 39.1 Å². The van der Waals surface area contributed by atoms with Crippen LogP contribution in [0.5, 0.6) is 0 Å². The molecule has 1 aromatic heterocycles. The first-order valence-corrected chi connectivity index (χ1v) is 8.58. The number of hydrogen-bond acceptors (Lipinski definition) is 8. The van der Waals surface area contributed by atoms with Gasteiger partial charge < -0.3 is 11.5 Å². The molecule has 138 valence electrons. The zero-order valence-corrected chi connectivity index (χ0v) is 13.4. The van der Waals surface area contributed by atoms with Gasteiger partial charge in [0.15, 0.2) is 0 Å². The Labute approximate surface area is 138 Å². The highest BCUT2D eigenvalue weighted by molar-refractivity contribution is 7.86. The monoisotopic (exact) mass is 402 g/mol. The number of nitrogens with two attached hydrogens (primary N) is 2. The van der Waals surface area contributed by atoms with E-state index >= 15 is 0 Å². The molecule has 0 spiro atoms. The molecule has 25 heavy (non-hydrogen) atoms. The van der Waals surface area contributed by atoms with Crippen LogP contribution in [0.4, 0.5) is 24.5 Å². The maximum atomic E-state index is 11.9. The zero-order valence-electron chi connectivity index (χ0n) is 11.8. The van der Waals surface area contributed by atoms with Crippen LogP contribution in [-0.4, -0.2) is 35.9 Å². The first-order chi connectivity index (χ1) is 11.2. The third kappa shape index (κ3) is 5.24. The molecule has 0 aliphatic rings. The van der Waals surface area contributed by atoms with Gasteiger partial charge in [-0.3, -0.25) is 9.11 Å². The van der Waals surface area contributed by atoms with E-state index in [4.69, 9.17) is 20.6 Å². The van der Waals surface area contributed by atoms with E-state index < -0.39 is 59.1 Å². The highest BCUT2D eigenvalue weighted by Crippen LogP contribution is 2.27. The van der Waals surface area contributed by atoms with E-state index in [1.807, 2.05) is 0 Å². The lowest BCUT2D eigenvalue weighted by Crippen LogP contribution is -2.09. The Morgan fingerprint density at radius 2 is 1.16 bits per heavy atom. The fraction of sp³-hybridized carbons (Fsp3) is 0. The largest absolute Gasteiger partial charge is 0.398 e. The number of aromatic nitrogens is 2. The minimum atomic E-state index is -4.69. The van der Waals surface area contributed by atoms with Crippen molar-refractivity contribution in [3.63, 3.8) is 0 Å². The summed E-state index contributed by atoms with van der Waals surface area (Å²) in [4.78, 5) is 3.82. The van der Waals surface area contributed by atoms with Crippen molar-refractivity contribution >= 4 is 31.6 Å². The highest BCUT2D eigenvalue weighted by Gasteiger charge is 2.22. The molecule has 6 N–H and O–H groups in total. The summed E-state index contributed by atoms with van der Waals surface area (Å²) in [6, 6.07) is 1.29. The van der Waals surface area contributed by atoms with E-state index in [-0.39, 0.29) is 0 Å². The first-order valence-electron chi connectivity index (χ1n) is 5.70. The minimum Gasteiger partial charge on any atom is -0.398 e. The molecule has 10 nitrogen and oxygen atoms in total. The van der Waals surface area contributed by atoms with Gasteiger partial charge in [0, 0.05) is 0 Å². The van der Waals surface area contributed by atoms with E-state index in [2.05, 4.69) is 9.97 Å². The van der Waals surface area contributed by atoms with Crippen LogP contribution in [-0.2, 0) is 20.2 Å². The molecule has 0 atom stereocenters. The van der Waals surface area contributed by atoms with Gasteiger partial charge in [-0.1, -0.05) is 0 Å². The first kappa shape index (κ1) is 20.6. The number of nitrogen functional groups attached to an aromatic ring is 2. The van der Waals surface area contributed by atoms with E-state index in [1.54, 1.807) is 0 Å². The van der Waals surface area contributed by atoms with Gasteiger partial charge in [0.05, 0.1) is 11.4 Å². The second kappa shape index (κ2) is 7.18. The fourth-order valence-corrected chi connectivity index (χ4v) is 2.69. The molecular formula is C10H9F3N4O6S2. The Bertz CT molecular complexity index is 940. The normalized spacial score (nSPS) is 11.6. The van der Waals surface area contributed by atoms with Gasteiger partial charge in [-0.2, -0.15) is 30.0 Å². The van der Waals surface area contributed by atoms with Crippen LogP contribution >= 0.6 is 0 Å². The summed E-state index contributed by atoms with van der Waals surface area (Å²) in [7, 11) is -9.38. The molecule has 0 bridgehead atoms. The number of benzene rings is 1. The lowest BCUT2D eigenvalue weighted by atomic mass is 10.3. The summed E-state index contributed by atoms with van der Waals surface area (Å²) in [6.45, 7) is 0.